The molecule has 1 aliphatic rings. The molecule has 1 unspecified atom stereocenters. The first-order chi connectivity index (χ1) is 11.6. The van der Waals surface area contributed by atoms with Gasteiger partial charge in [0.05, 0.1) is 10.8 Å². The Kier molecular flexibility index (Phi) is 12.7. The normalized spacial score (nSPS) is 14.2. The van der Waals surface area contributed by atoms with E-state index in [-0.39, 0.29) is 41.9 Å². The molecule has 1 saturated heterocycles. The van der Waals surface area contributed by atoms with E-state index in [4.69, 9.17) is 0 Å². The number of nitrogens with one attached hydrogen (secondary N) is 2. The molecular formula is C17H28Cl2N4O2S. The fraction of sp³-hybridized carbons (Fsp3) is 0.588. The lowest BCUT2D eigenvalue weighted by atomic mass is 10.2. The molecule has 0 aromatic carbocycles. The number of hydrogen-bond acceptors (Lipinski definition) is 5. The Balaban J connectivity index is 0.00000312. The molecule has 26 heavy (non-hydrogen) atoms. The Hall–Kier alpha value is -1.02. The van der Waals surface area contributed by atoms with Gasteiger partial charge in [-0.3, -0.25) is 9.59 Å². The summed E-state index contributed by atoms with van der Waals surface area (Å²) in [6, 6.07) is 3.51. The van der Waals surface area contributed by atoms with Crippen molar-refractivity contribution in [3.8, 4) is 0 Å². The number of hydrogen-bond donors (Lipinski definition) is 2. The number of carbonyl (C=O) groups is 2. The third-order valence-electron chi connectivity index (χ3n) is 3.96. The summed E-state index contributed by atoms with van der Waals surface area (Å²) >= 11 is 1.36. The van der Waals surface area contributed by atoms with Gasteiger partial charge in [-0.1, -0.05) is 11.8 Å². The second-order valence-electron chi connectivity index (χ2n) is 5.86. The van der Waals surface area contributed by atoms with Crippen LogP contribution in [0.4, 0.5) is 0 Å². The number of aromatic nitrogens is 1. The van der Waals surface area contributed by atoms with Gasteiger partial charge in [0.15, 0.2) is 0 Å². The lowest BCUT2D eigenvalue weighted by Gasteiger charge is -2.20. The van der Waals surface area contributed by atoms with E-state index in [1.165, 1.54) is 11.8 Å². The Morgan fingerprint density at radius 3 is 2.62 bits per heavy atom. The van der Waals surface area contributed by atoms with Crippen LogP contribution in [-0.2, 0) is 4.79 Å². The minimum Gasteiger partial charge on any atom is -0.352 e. The van der Waals surface area contributed by atoms with Gasteiger partial charge in [-0.15, -0.1) is 24.8 Å². The number of thioether (sulfide) groups is 1. The second kappa shape index (κ2) is 13.2. The molecule has 0 saturated carbocycles. The third-order valence-corrected chi connectivity index (χ3v) is 5.06. The molecule has 2 heterocycles. The maximum atomic E-state index is 12.4. The van der Waals surface area contributed by atoms with Crippen LogP contribution in [0.3, 0.4) is 0 Å². The summed E-state index contributed by atoms with van der Waals surface area (Å²) in [7, 11) is 1.89. The summed E-state index contributed by atoms with van der Waals surface area (Å²) < 4.78 is 0. The van der Waals surface area contributed by atoms with Crippen molar-refractivity contribution in [2.24, 2.45) is 0 Å². The Bertz CT molecular complexity index is 571. The molecule has 148 valence electrons. The molecule has 2 amide bonds. The average Bonchev–Trinajstić information content (AvgIpc) is 3.13. The van der Waals surface area contributed by atoms with Gasteiger partial charge in [-0.05, 0) is 51.9 Å². The van der Waals surface area contributed by atoms with E-state index in [1.807, 2.05) is 18.9 Å². The van der Waals surface area contributed by atoms with Crippen molar-refractivity contribution in [1.82, 2.24) is 20.5 Å². The number of carbonyl (C=O) groups excluding carboxylic acids is 2. The van der Waals surface area contributed by atoms with Gasteiger partial charge in [-0.25, -0.2) is 4.98 Å². The molecule has 9 heteroatoms. The van der Waals surface area contributed by atoms with Gasteiger partial charge in [0.2, 0.25) is 5.91 Å². The predicted molar refractivity (Wildman–Crippen MR) is 111 cm³/mol. The summed E-state index contributed by atoms with van der Waals surface area (Å²) in [5.74, 6) is -0.00828. The fourth-order valence-corrected chi connectivity index (χ4v) is 3.63. The summed E-state index contributed by atoms with van der Waals surface area (Å²) in [5.41, 5.74) is 0.535. The highest BCUT2D eigenvalue weighted by Gasteiger charge is 2.25. The number of halogens is 2. The molecule has 0 aliphatic carbocycles. The highest BCUT2D eigenvalue weighted by atomic mass is 35.5. The molecule has 1 aliphatic heterocycles. The van der Waals surface area contributed by atoms with Crippen molar-refractivity contribution in [2.75, 3.05) is 33.2 Å². The first kappa shape index (κ1) is 25.0. The summed E-state index contributed by atoms with van der Waals surface area (Å²) in [4.78, 5) is 31.0. The molecule has 1 atom stereocenters. The monoisotopic (exact) mass is 422 g/mol. The Morgan fingerprint density at radius 1 is 1.27 bits per heavy atom. The van der Waals surface area contributed by atoms with Gasteiger partial charge in [0, 0.05) is 25.8 Å². The van der Waals surface area contributed by atoms with E-state index in [9.17, 15) is 9.59 Å². The molecule has 6 nitrogen and oxygen atoms in total. The van der Waals surface area contributed by atoms with E-state index in [2.05, 4.69) is 15.6 Å². The van der Waals surface area contributed by atoms with Crippen LogP contribution in [0, 0.1) is 0 Å². The number of rotatable bonds is 8. The maximum Gasteiger partial charge on any atom is 0.254 e. The topological polar surface area (TPSA) is 74.3 Å². The quantitative estimate of drug-likeness (QED) is 0.496. The molecule has 2 N–H and O–H groups in total. The molecule has 1 fully saturated rings. The largest absolute Gasteiger partial charge is 0.352 e. The van der Waals surface area contributed by atoms with E-state index in [0.717, 1.165) is 38.9 Å². The zero-order valence-corrected chi connectivity index (χ0v) is 17.6. The lowest BCUT2D eigenvalue weighted by molar-refractivity contribution is -0.129. The second-order valence-corrected chi connectivity index (χ2v) is 7.19. The summed E-state index contributed by atoms with van der Waals surface area (Å²) in [5, 5.41) is 6.32. The van der Waals surface area contributed by atoms with E-state index in [0.29, 0.717) is 17.1 Å². The van der Waals surface area contributed by atoms with Crippen LogP contribution in [-0.4, -0.2) is 60.2 Å². The number of nitrogens with zero attached hydrogens (tertiary/aromatic N) is 2. The van der Waals surface area contributed by atoms with Gasteiger partial charge < -0.3 is 15.5 Å². The zero-order valence-electron chi connectivity index (χ0n) is 15.2. The van der Waals surface area contributed by atoms with Crippen LogP contribution in [0.2, 0.25) is 0 Å². The fourth-order valence-electron chi connectivity index (χ4n) is 2.63. The smallest absolute Gasteiger partial charge is 0.254 e. The standard InChI is InChI=1S/C17H26N4O2S.2ClH/c1-13(17(23)21-11-3-4-12-21)24-16-14(7-5-9-20-16)15(22)19-10-6-8-18-2;;/h5,7,9,13,18H,3-4,6,8,10-12H2,1-2H3,(H,19,22);2*1H. The third kappa shape index (κ3) is 7.31. The predicted octanol–water partition coefficient (Wildman–Crippen LogP) is 2.37. The molecule has 0 spiro atoms. The highest BCUT2D eigenvalue weighted by Crippen LogP contribution is 2.26. The van der Waals surface area contributed by atoms with Crippen molar-refractivity contribution in [3.63, 3.8) is 0 Å². The summed E-state index contributed by atoms with van der Waals surface area (Å²) in [6.45, 7) is 5.03. The van der Waals surface area contributed by atoms with Gasteiger partial charge in [-0.2, -0.15) is 0 Å². The van der Waals surface area contributed by atoms with Gasteiger partial charge in [0.25, 0.3) is 5.91 Å². The lowest BCUT2D eigenvalue weighted by Crippen LogP contribution is -2.34. The maximum absolute atomic E-state index is 12.4. The van der Waals surface area contributed by atoms with E-state index in [1.54, 1.807) is 18.3 Å². The van der Waals surface area contributed by atoms with Crippen LogP contribution >= 0.6 is 36.6 Å². The summed E-state index contributed by atoms with van der Waals surface area (Å²) in [6.07, 6.45) is 4.68. The zero-order chi connectivity index (χ0) is 17.4. The minimum atomic E-state index is -0.242. The molecule has 2 rings (SSSR count). The highest BCUT2D eigenvalue weighted by molar-refractivity contribution is 8.00. The average molecular weight is 423 g/mol. The molecule has 0 radical (unpaired) electrons. The first-order valence-corrected chi connectivity index (χ1v) is 9.34. The Morgan fingerprint density at radius 2 is 1.96 bits per heavy atom. The van der Waals surface area contributed by atoms with Crippen molar-refractivity contribution in [2.45, 2.75) is 36.5 Å². The van der Waals surface area contributed by atoms with Gasteiger partial charge >= 0.3 is 0 Å². The Labute approximate surface area is 172 Å². The van der Waals surface area contributed by atoms with E-state index < -0.39 is 0 Å². The first-order valence-electron chi connectivity index (χ1n) is 8.46. The van der Waals surface area contributed by atoms with Crippen molar-refractivity contribution < 1.29 is 9.59 Å². The number of likely N-dealkylation sites (tertiary alicyclic amines) is 1. The number of amides is 2. The van der Waals surface area contributed by atoms with E-state index >= 15 is 0 Å². The van der Waals surface area contributed by atoms with Crippen LogP contribution in [0.15, 0.2) is 23.4 Å². The van der Waals surface area contributed by atoms with Gasteiger partial charge in [0.1, 0.15) is 5.03 Å². The van der Waals surface area contributed by atoms with Crippen LogP contribution in [0.5, 0.6) is 0 Å². The molecule has 0 bridgehead atoms. The van der Waals surface area contributed by atoms with Crippen molar-refractivity contribution >= 4 is 48.4 Å². The van der Waals surface area contributed by atoms with Crippen molar-refractivity contribution in [1.29, 1.82) is 0 Å². The molecule has 1 aromatic rings. The van der Waals surface area contributed by atoms with Crippen LogP contribution in [0.25, 0.3) is 0 Å². The van der Waals surface area contributed by atoms with Crippen LogP contribution < -0.4 is 10.6 Å². The SMILES string of the molecule is CNCCCNC(=O)c1cccnc1SC(C)C(=O)N1CCCC1.Cl.Cl. The molecular weight excluding hydrogens is 395 g/mol. The minimum absolute atomic E-state index is 0. The number of pyridine rings is 1. The van der Waals surface area contributed by atoms with Crippen LogP contribution in [0.1, 0.15) is 36.5 Å². The molecule has 1 aromatic heterocycles. The van der Waals surface area contributed by atoms with Crippen molar-refractivity contribution in [3.05, 3.63) is 23.9 Å².